The Morgan fingerprint density at radius 3 is 2.47 bits per heavy atom. The van der Waals surface area contributed by atoms with Crippen molar-refractivity contribution in [1.29, 1.82) is 0 Å². The van der Waals surface area contributed by atoms with Gasteiger partial charge in [0.1, 0.15) is 17.7 Å². The molecule has 0 bridgehead atoms. The summed E-state index contributed by atoms with van der Waals surface area (Å²) in [5.41, 5.74) is 0.705. The number of aliphatic hydroxyl groups is 1. The van der Waals surface area contributed by atoms with Gasteiger partial charge in [-0.1, -0.05) is 23.7 Å². The maximum Gasteiger partial charge on any atom is 0.130 e. The van der Waals surface area contributed by atoms with E-state index in [9.17, 15) is 9.50 Å². The van der Waals surface area contributed by atoms with E-state index in [-0.39, 0.29) is 5.56 Å². The molecule has 0 aromatic heterocycles. The minimum Gasteiger partial charge on any atom is -0.497 e. The van der Waals surface area contributed by atoms with Crippen molar-refractivity contribution in [3.8, 4) is 5.75 Å². The molecule has 0 fully saturated rings. The van der Waals surface area contributed by atoms with Crippen molar-refractivity contribution < 1.29 is 14.2 Å². The molecular weight excluding hydrogens is 335 g/mol. The van der Waals surface area contributed by atoms with Gasteiger partial charge in [0.05, 0.1) is 12.1 Å². The molecule has 0 aliphatic rings. The highest BCUT2D eigenvalue weighted by molar-refractivity contribution is 9.10. The molecule has 0 spiro atoms. The molecule has 5 heteroatoms. The van der Waals surface area contributed by atoms with E-state index < -0.39 is 11.9 Å². The zero-order valence-corrected chi connectivity index (χ0v) is 12.4. The van der Waals surface area contributed by atoms with Gasteiger partial charge < -0.3 is 9.84 Å². The van der Waals surface area contributed by atoms with Crippen molar-refractivity contribution in [2.75, 3.05) is 7.11 Å². The monoisotopic (exact) mass is 344 g/mol. The van der Waals surface area contributed by atoms with Crippen LogP contribution in [0.1, 0.15) is 17.2 Å². The highest BCUT2D eigenvalue weighted by Crippen LogP contribution is 2.32. The second kappa shape index (κ2) is 5.90. The molecule has 0 saturated carbocycles. The number of hydrogen-bond donors (Lipinski definition) is 1. The molecule has 0 aliphatic heterocycles. The average molecular weight is 346 g/mol. The van der Waals surface area contributed by atoms with Gasteiger partial charge in [-0.3, -0.25) is 0 Å². The Bertz CT molecular complexity index is 587. The zero-order chi connectivity index (χ0) is 14.0. The van der Waals surface area contributed by atoms with E-state index >= 15 is 0 Å². The minimum atomic E-state index is -1.07. The van der Waals surface area contributed by atoms with Crippen LogP contribution in [0.2, 0.25) is 5.02 Å². The highest BCUT2D eigenvalue weighted by Gasteiger charge is 2.17. The number of methoxy groups -OCH3 is 1. The van der Waals surface area contributed by atoms with Gasteiger partial charge in [-0.15, -0.1) is 0 Å². The van der Waals surface area contributed by atoms with Gasteiger partial charge in [0.25, 0.3) is 0 Å². The van der Waals surface area contributed by atoms with Gasteiger partial charge in [-0.2, -0.15) is 0 Å². The molecule has 19 heavy (non-hydrogen) atoms. The van der Waals surface area contributed by atoms with Crippen LogP contribution in [0.25, 0.3) is 0 Å². The Labute approximate surface area is 123 Å². The van der Waals surface area contributed by atoms with E-state index in [1.807, 2.05) is 0 Å². The molecule has 0 heterocycles. The third-order valence-electron chi connectivity index (χ3n) is 2.77. The Hall–Kier alpha value is -1.10. The van der Waals surface area contributed by atoms with Crippen molar-refractivity contribution >= 4 is 27.5 Å². The Morgan fingerprint density at radius 1 is 1.26 bits per heavy atom. The largest absolute Gasteiger partial charge is 0.497 e. The van der Waals surface area contributed by atoms with Crippen LogP contribution in [-0.4, -0.2) is 12.2 Å². The third-order valence-corrected chi connectivity index (χ3v) is 3.96. The second-order valence-corrected chi connectivity index (χ2v) is 5.23. The SMILES string of the molecule is COc1ccc(C(O)c2cc(Cl)c(Br)cc2F)cc1. The molecule has 1 atom stereocenters. The van der Waals surface area contributed by atoms with Crippen LogP contribution in [0.5, 0.6) is 5.75 Å². The number of hydrogen-bond acceptors (Lipinski definition) is 2. The molecule has 1 N–H and O–H groups in total. The van der Waals surface area contributed by atoms with E-state index in [1.165, 1.54) is 12.1 Å². The summed E-state index contributed by atoms with van der Waals surface area (Å²) in [7, 11) is 1.56. The molecule has 0 amide bonds. The summed E-state index contributed by atoms with van der Waals surface area (Å²) in [6.07, 6.45) is -1.07. The van der Waals surface area contributed by atoms with Crippen LogP contribution < -0.4 is 4.74 Å². The summed E-state index contributed by atoms with van der Waals surface area (Å²) in [5.74, 6) is 0.157. The summed E-state index contributed by atoms with van der Waals surface area (Å²) in [6, 6.07) is 9.42. The molecule has 0 radical (unpaired) electrons. The normalized spacial score (nSPS) is 12.3. The molecule has 0 aliphatic carbocycles. The minimum absolute atomic E-state index is 0.137. The fraction of sp³-hybridized carbons (Fsp3) is 0.143. The maximum absolute atomic E-state index is 13.8. The van der Waals surface area contributed by atoms with Gasteiger partial charge in [-0.25, -0.2) is 4.39 Å². The van der Waals surface area contributed by atoms with Gasteiger partial charge in [0, 0.05) is 10.0 Å². The summed E-state index contributed by atoms with van der Waals surface area (Å²) >= 11 is 9.05. The lowest BCUT2D eigenvalue weighted by molar-refractivity contribution is 0.215. The van der Waals surface area contributed by atoms with Crippen LogP contribution in [0.3, 0.4) is 0 Å². The summed E-state index contributed by atoms with van der Waals surface area (Å²) in [5, 5.41) is 10.5. The van der Waals surface area contributed by atoms with Crippen LogP contribution >= 0.6 is 27.5 Å². The Morgan fingerprint density at radius 2 is 1.89 bits per heavy atom. The summed E-state index contributed by atoms with van der Waals surface area (Å²) in [4.78, 5) is 0. The molecule has 1 unspecified atom stereocenters. The van der Waals surface area contributed by atoms with E-state index in [0.717, 1.165) is 0 Å². The van der Waals surface area contributed by atoms with Crippen molar-refractivity contribution in [3.63, 3.8) is 0 Å². The average Bonchev–Trinajstić information content (AvgIpc) is 2.42. The van der Waals surface area contributed by atoms with Crippen LogP contribution in [-0.2, 0) is 0 Å². The lowest BCUT2D eigenvalue weighted by Crippen LogP contribution is -2.03. The lowest BCUT2D eigenvalue weighted by atomic mass is 10.0. The third kappa shape index (κ3) is 3.08. The van der Waals surface area contributed by atoms with E-state index in [2.05, 4.69) is 15.9 Å². The second-order valence-electron chi connectivity index (χ2n) is 3.96. The van der Waals surface area contributed by atoms with Crippen molar-refractivity contribution in [1.82, 2.24) is 0 Å². The Balaban J connectivity index is 2.37. The Kier molecular flexibility index (Phi) is 4.45. The van der Waals surface area contributed by atoms with E-state index in [1.54, 1.807) is 31.4 Å². The summed E-state index contributed by atoms with van der Waals surface area (Å²) in [6.45, 7) is 0. The fourth-order valence-electron chi connectivity index (χ4n) is 1.71. The van der Waals surface area contributed by atoms with Crippen molar-refractivity contribution in [3.05, 3.63) is 62.8 Å². The smallest absolute Gasteiger partial charge is 0.130 e. The zero-order valence-electron chi connectivity index (χ0n) is 10.0. The first kappa shape index (κ1) is 14.3. The number of aliphatic hydroxyl groups excluding tert-OH is 1. The molecule has 100 valence electrons. The number of rotatable bonds is 3. The molecule has 2 nitrogen and oxygen atoms in total. The number of halogens is 3. The van der Waals surface area contributed by atoms with Gasteiger partial charge >= 0.3 is 0 Å². The van der Waals surface area contributed by atoms with Crippen LogP contribution in [0.4, 0.5) is 4.39 Å². The quantitative estimate of drug-likeness (QED) is 0.839. The molecule has 2 aromatic carbocycles. The standard InChI is InChI=1S/C14H11BrClFO2/c1-19-9-4-2-8(3-5-9)14(18)10-6-12(16)11(15)7-13(10)17/h2-7,14,18H,1H3. The van der Waals surface area contributed by atoms with E-state index in [0.29, 0.717) is 20.8 Å². The topological polar surface area (TPSA) is 29.5 Å². The number of benzene rings is 2. The molecular formula is C14H11BrClFO2. The molecule has 2 rings (SSSR count). The lowest BCUT2D eigenvalue weighted by Gasteiger charge is -2.14. The van der Waals surface area contributed by atoms with Gasteiger partial charge in [-0.05, 0) is 45.8 Å². The van der Waals surface area contributed by atoms with Crippen LogP contribution in [0, 0.1) is 5.82 Å². The summed E-state index contributed by atoms with van der Waals surface area (Å²) < 4.78 is 19.3. The first-order valence-corrected chi connectivity index (χ1v) is 6.66. The molecule has 0 saturated heterocycles. The first-order valence-electron chi connectivity index (χ1n) is 5.49. The van der Waals surface area contributed by atoms with E-state index in [4.69, 9.17) is 16.3 Å². The maximum atomic E-state index is 13.8. The molecule has 2 aromatic rings. The van der Waals surface area contributed by atoms with Gasteiger partial charge in [0.2, 0.25) is 0 Å². The highest BCUT2D eigenvalue weighted by atomic mass is 79.9. The fourth-order valence-corrected chi connectivity index (χ4v) is 2.20. The predicted molar refractivity (Wildman–Crippen MR) is 76.2 cm³/mol. The van der Waals surface area contributed by atoms with Crippen molar-refractivity contribution in [2.24, 2.45) is 0 Å². The van der Waals surface area contributed by atoms with Crippen LogP contribution in [0.15, 0.2) is 40.9 Å². The van der Waals surface area contributed by atoms with Crippen molar-refractivity contribution in [2.45, 2.75) is 6.10 Å². The number of ether oxygens (including phenoxy) is 1. The predicted octanol–water partition coefficient (Wildman–Crippen LogP) is 4.33. The first-order chi connectivity index (χ1) is 9.02. The van der Waals surface area contributed by atoms with Gasteiger partial charge in [0.15, 0.2) is 0 Å².